The largest absolute Gasteiger partial charge is 0.469 e. The molecule has 0 aromatic carbocycles. The van der Waals surface area contributed by atoms with Gasteiger partial charge in [0.15, 0.2) is 0 Å². The maximum atomic E-state index is 11.6. The van der Waals surface area contributed by atoms with Crippen LogP contribution in [0, 0.1) is 11.8 Å². The van der Waals surface area contributed by atoms with E-state index in [0.717, 1.165) is 5.57 Å². The molecule has 3 nitrogen and oxygen atoms in total. The Balaban J connectivity index is 4.65. The van der Waals surface area contributed by atoms with Gasteiger partial charge in [-0.25, -0.2) is 0 Å². The number of ether oxygens (including phenoxy) is 1. The lowest BCUT2D eigenvalue weighted by Gasteiger charge is -2.19. The smallest absolute Gasteiger partial charge is 0.308 e. The van der Waals surface area contributed by atoms with Crippen LogP contribution in [0.2, 0.25) is 0 Å². The lowest BCUT2D eigenvalue weighted by atomic mass is 9.88. The summed E-state index contributed by atoms with van der Waals surface area (Å²) in [7, 11) is 1.39. The van der Waals surface area contributed by atoms with Crippen LogP contribution in [0.1, 0.15) is 26.7 Å². The second kappa shape index (κ2) is 8.70. The van der Waals surface area contributed by atoms with Crippen LogP contribution in [-0.4, -0.2) is 24.3 Å². The molecule has 0 amide bonds. The van der Waals surface area contributed by atoms with Crippen molar-refractivity contribution in [1.29, 1.82) is 0 Å². The Morgan fingerprint density at radius 2 is 2.06 bits per heavy atom. The number of aliphatic hydroxyl groups is 1. The van der Waals surface area contributed by atoms with Crippen LogP contribution < -0.4 is 0 Å². The quantitative estimate of drug-likeness (QED) is 0.410. The monoisotopic (exact) mass is 252 g/mol. The van der Waals surface area contributed by atoms with Gasteiger partial charge in [-0.3, -0.25) is 4.79 Å². The van der Waals surface area contributed by atoms with E-state index in [2.05, 4.69) is 13.2 Å². The molecule has 0 aliphatic rings. The number of carbonyl (C=O) groups is 1. The summed E-state index contributed by atoms with van der Waals surface area (Å²) in [4.78, 5) is 11.6. The molecular formula is C15H24O3. The second-order valence-electron chi connectivity index (χ2n) is 4.56. The first-order valence-electron chi connectivity index (χ1n) is 6.14. The third-order valence-corrected chi connectivity index (χ3v) is 2.91. The van der Waals surface area contributed by atoms with Crippen molar-refractivity contribution in [3.05, 3.63) is 37.0 Å². The third-order valence-electron chi connectivity index (χ3n) is 2.91. The molecule has 0 saturated carbocycles. The molecule has 0 rings (SSSR count). The van der Waals surface area contributed by atoms with E-state index < -0.39 is 6.10 Å². The lowest BCUT2D eigenvalue weighted by molar-refractivity contribution is -0.146. The Morgan fingerprint density at radius 3 is 2.50 bits per heavy atom. The number of hydrogen-bond acceptors (Lipinski definition) is 3. The van der Waals surface area contributed by atoms with E-state index in [1.54, 1.807) is 0 Å². The fourth-order valence-corrected chi connectivity index (χ4v) is 1.64. The summed E-state index contributed by atoms with van der Waals surface area (Å²) in [6.45, 7) is 11.1. The van der Waals surface area contributed by atoms with Crippen molar-refractivity contribution in [1.82, 2.24) is 0 Å². The summed E-state index contributed by atoms with van der Waals surface area (Å²) in [5.41, 5.74) is 0.932. The van der Waals surface area contributed by atoms with Crippen LogP contribution in [0.5, 0.6) is 0 Å². The second-order valence-corrected chi connectivity index (χ2v) is 4.56. The molecule has 0 aromatic rings. The molecule has 0 spiro atoms. The van der Waals surface area contributed by atoms with Gasteiger partial charge in [0.2, 0.25) is 0 Å². The van der Waals surface area contributed by atoms with Gasteiger partial charge in [-0.15, -0.1) is 6.58 Å². The molecule has 0 radical (unpaired) electrons. The van der Waals surface area contributed by atoms with Gasteiger partial charge in [-0.1, -0.05) is 37.3 Å². The van der Waals surface area contributed by atoms with Gasteiger partial charge in [0.25, 0.3) is 0 Å². The number of carbonyl (C=O) groups excluding carboxylic acids is 1. The minimum atomic E-state index is -0.532. The lowest BCUT2D eigenvalue weighted by Crippen LogP contribution is -2.22. The highest BCUT2D eigenvalue weighted by Crippen LogP contribution is 2.22. The van der Waals surface area contributed by atoms with Gasteiger partial charge in [-0.05, 0) is 25.7 Å². The van der Waals surface area contributed by atoms with Crippen LogP contribution in [0.15, 0.2) is 37.0 Å². The zero-order valence-electron chi connectivity index (χ0n) is 11.6. The Labute approximate surface area is 110 Å². The Hall–Kier alpha value is -1.35. The van der Waals surface area contributed by atoms with E-state index in [1.807, 2.05) is 26.0 Å². The normalized spacial score (nSPS) is 16.0. The highest BCUT2D eigenvalue weighted by Gasteiger charge is 2.22. The molecule has 0 aliphatic heterocycles. The van der Waals surface area contributed by atoms with Crippen molar-refractivity contribution in [2.45, 2.75) is 32.8 Å². The minimum Gasteiger partial charge on any atom is -0.469 e. The number of aliphatic hydroxyl groups excluding tert-OH is 1. The standard InChI is InChI=1S/C15H24O3/c1-6-14(16)10-9-13(8-7-11(2)3)12(4)15(17)18-5/h6-8,12-14,16H,1-2,9-10H2,3-5H3/b8-7+/t12-,13+,14?/m1/s1. The summed E-state index contributed by atoms with van der Waals surface area (Å²) < 4.78 is 4.76. The molecule has 0 aromatic heterocycles. The van der Waals surface area contributed by atoms with Gasteiger partial charge in [0.05, 0.1) is 19.1 Å². The Morgan fingerprint density at radius 1 is 1.44 bits per heavy atom. The van der Waals surface area contributed by atoms with Crippen molar-refractivity contribution in [3.63, 3.8) is 0 Å². The van der Waals surface area contributed by atoms with Crippen molar-refractivity contribution in [2.24, 2.45) is 11.8 Å². The summed E-state index contributed by atoms with van der Waals surface area (Å²) in [6.07, 6.45) is 6.10. The van der Waals surface area contributed by atoms with E-state index in [4.69, 9.17) is 4.74 Å². The third kappa shape index (κ3) is 6.40. The van der Waals surface area contributed by atoms with Gasteiger partial charge in [-0.2, -0.15) is 0 Å². The summed E-state index contributed by atoms with van der Waals surface area (Å²) >= 11 is 0. The first kappa shape index (κ1) is 16.6. The molecule has 18 heavy (non-hydrogen) atoms. The van der Waals surface area contributed by atoms with Gasteiger partial charge in [0, 0.05) is 0 Å². The highest BCUT2D eigenvalue weighted by atomic mass is 16.5. The van der Waals surface area contributed by atoms with Crippen LogP contribution in [0.25, 0.3) is 0 Å². The average molecular weight is 252 g/mol. The zero-order chi connectivity index (χ0) is 14.1. The molecular weight excluding hydrogens is 228 g/mol. The van der Waals surface area contributed by atoms with Crippen LogP contribution in [0.4, 0.5) is 0 Å². The molecule has 1 unspecified atom stereocenters. The van der Waals surface area contributed by atoms with Gasteiger partial charge in [0.1, 0.15) is 0 Å². The predicted octanol–water partition coefficient (Wildman–Crippen LogP) is 2.87. The first-order valence-corrected chi connectivity index (χ1v) is 6.14. The highest BCUT2D eigenvalue weighted by molar-refractivity contribution is 5.72. The van der Waals surface area contributed by atoms with Crippen molar-refractivity contribution < 1.29 is 14.6 Å². The molecule has 3 atom stereocenters. The number of esters is 1. The minimum absolute atomic E-state index is 0.0312. The number of hydrogen-bond donors (Lipinski definition) is 1. The zero-order valence-corrected chi connectivity index (χ0v) is 11.6. The van der Waals surface area contributed by atoms with Gasteiger partial charge >= 0.3 is 5.97 Å². The van der Waals surface area contributed by atoms with Crippen molar-refractivity contribution in [3.8, 4) is 0 Å². The molecule has 0 heterocycles. The fourth-order valence-electron chi connectivity index (χ4n) is 1.64. The van der Waals surface area contributed by atoms with Crippen molar-refractivity contribution >= 4 is 5.97 Å². The summed E-state index contributed by atoms with van der Waals surface area (Å²) in [5.74, 6) is -0.439. The number of rotatable bonds is 8. The van der Waals surface area contributed by atoms with E-state index in [-0.39, 0.29) is 17.8 Å². The van der Waals surface area contributed by atoms with Crippen LogP contribution >= 0.6 is 0 Å². The molecule has 1 N–H and O–H groups in total. The molecule has 3 heteroatoms. The van der Waals surface area contributed by atoms with E-state index in [0.29, 0.717) is 12.8 Å². The molecule has 0 bridgehead atoms. The SMILES string of the molecule is C=CC(O)CC[C@H](/C=C/C(=C)C)[C@@H](C)C(=O)OC. The van der Waals surface area contributed by atoms with E-state index >= 15 is 0 Å². The van der Waals surface area contributed by atoms with Crippen molar-refractivity contribution in [2.75, 3.05) is 7.11 Å². The predicted molar refractivity (Wildman–Crippen MR) is 74.1 cm³/mol. The van der Waals surface area contributed by atoms with E-state index in [1.165, 1.54) is 13.2 Å². The fraction of sp³-hybridized carbons (Fsp3) is 0.533. The molecule has 102 valence electrons. The van der Waals surface area contributed by atoms with Gasteiger partial charge < -0.3 is 9.84 Å². The maximum absolute atomic E-state index is 11.6. The van der Waals surface area contributed by atoms with Crippen LogP contribution in [0.3, 0.4) is 0 Å². The summed E-state index contributed by atoms with van der Waals surface area (Å²) in [5, 5.41) is 9.49. The molecule has 0 saturated heterocycles. The van der Waals surface area contributed by atoms with Crippen LogP contribution in [-0.2, 0) is 9.53 Å². The van der Waals surface area contributed by atoms with E-state index in [9.17, 15) is 9.90 Å². The average Bonchev–Trinajstić information content (AvgIpc) is 2.36. The molecule has 0 fully saturated rings. The Kier molecular flexibility index (Phi) is 8.05. The first-order chi connectivity index (χ1) is 8.42. The molecule has 0 aliphatic carbocycles. The maximum Gasteiger partial charge on any atom is 0.308 e. The Bertz CT molecular complexity index is 318. The summed E-state index contributed by atoms with van der Waals surface area (Å²) in [6, 6.07) is 0. The topological polar surface area (TPSA) is 46.5 Å². The number of methoxy groups -OCH3 is 1. The number of allylic oxidation sites excluding steroid dienone is 3.